The van der Waals surface area contributed by atoms with Crippen LogP contribution in [0.4, 0.5) is 26.2 Å². The summed E-state index contributed by atoms with van der Waals surface area (Å²) in [6, 6.07) is 6.43. The molecule has 0 radical (unpaired) electrons. The van der Waals surface area contributed by atoms with E-state index in [1.165, 1.54) is 13.2 Å². The molecule has 0 saturated heterocycles. The topological polar surface area (TPSA) is 120 Å². The number of hydrogen-bond acceptors (Lipinski definition) is 6. The Hall–Kier alpha value is -3.35. The van der Waals surface area contributed by atoms with Gasteiger partial charge < -0.3 is 0 Å². The number of benzene rings is 1. The van der Waals surface area contributed by atoms with Gasteiger partial charge in [-0.05, 0) is 0 Å². The Morgan fingerprint density at radius 1 is 1.18 bits per heavy atom. The van der Waals surface area contributed by atoms with Crippen molar-refractivity contribution in [3.05, 3.63) is 53.7 Å². The van der Waals surface area contributed by atoms with E-state index in [1.807, 2.05) is 6.07 Å². The summed E-state index contributed by atoms with van der Waals surface area (Å²) in [6.07, 6.45) is 4.17. The number of nitrogens with one attached hydrogen (secondary N) is 5. The molecule has 3 aromatic rings. The maximum atomic E-state index is 14.4. The van der Waals surface area contributed by atoms with E-state index in [0.717, 1.165) is 17.7 Å². The summed E-state index contributed by atoms with van der Waals surface area (Å²) in [4.78, 5) is 33.4. The third-order valence-corrected chi connectivity index (χ3v) is 8.46. The number of anilines is 3. The van der Waals surface area contributed by atoms with Crippen LogP contribution >= 0.6 is 0 Å². The van der Waals surface area contributed by atoms with Crippen LogP contribution in [0.1, 0.15) is 26.4 Å². The molecule has 2 aliphatic rings. The first-order valence-electron chi connectivity index (χ1n) is 10.8. The molecule has 11 heteroatoms. The van der Waals surface area contributed by atoms with Crippen molar-refractivity contribution in [2.24, 2.45) is 0 Å². The molecular formula is C23H23FIN6O3-. The van der Waals surface area contributed by atoms with Gasteiger partial charge in [0.2, 0.25) is 0 Å². The van der Waals surface area contributed by atoms with E-state index in [9.17, 15) is 14.0 Å². The second-order valence-corrected chi connectivity index (χ2v) is 10.9. The monoisotopic (exact) mass is 577 g/mol. The van der Waals surface area contributed by atoms with Crippen LogP contribution in [-0.2, 0) is 0 Å². The van der Waals surface area contributed by atoms with Crippen molar-refractivity contribution in [1.82, 2.24) is 20.6 Å². The molecule has 1 unspecified atom stereocenters. The van der Waals surface area contributed by atoms with Crippen LogP contribution in [0, 0.1) is 5.82 Å². The second-order valence-electron chi connectivity index (χ2n) is 7.80. The SMILES string of the molecule is COc1c(F)cccc1Nc1c2[nH]c3c1C(=O)NCC3[I-]C(=O)NCCCNc1cnccc1-2. The van der Waals surface area contributed by atoms with Crippen LogP contribution in [0.3, 0.4) is 0 Å². The summed E-state index contributed by atoms with van der Waals surface area (Å²) in [5, 5.41) is 12.5. The van der Waals surface area contributed by atoms with E-state index in [0.29, 0.717) is 48.0 Å². The maximum absolute atomic E-state index is 14.4. The van der Waals surface area contributed by atoms with Gasteiger partial charge in [-0.3, -0.25) is 0 Å². The van der Waals surface area contributed by atoms with E-state index in [1.54, 1.807) is 24.5 Å². The number of ether oxygens (including phenoxy) is 1. The number of aromatic amines is 1. The molecule has 1 atom stereocenters. The van der Waals surface area contributed by atoms with Gasteiger partial charge in [-0.25, -0.2) is 0 Å². The standard InChI is InChI=1S/C23H23FIN6O3/c1-34-21-13(24)4-2-5-15(21)30-20-17-19-14(10-29-22(17)32)25-23(33)28-8-3-7-27-16-11-26-9-6-12(16)18(20)31-19/h2,4-6,9,11,14,27,30-31H,3,7-8,10H2,1H3,(H,28,33)(H,29,32)/q-1. The predicted molar refractivity (Wildman–Crippen MR) is 122 cm³/mol. The van der Waals surface area contributed by atoms with Crippen molar-refractivity contribution >= 4 is 26.9 Å². The Bertz CT molecular complexity index is 1260. The average Bonchev–Trinajstić information content (AvgIpc) is 3.21. The number of amides is 2. The van der Waals surface area contributed by atoms with E-state index in [-0.39, 0.29) is 19.5 Å². The van der Waals surface area contributed by atoms with Gasteiger partial charge in [0.1, 0.15) is 0 Å². The van der Waals surface area contributed by atoms with Gasteiger partial charge in [0, 0.05) is 0 Å². The molecule has 1 aromatic carbocycles. The van der Waals surface area contributed by atoms with Gasteiger partial charge in [0.05, 0.1) is 0 Å². The predicted octanol–water partition coefficient (Wildman–Crippen LogP) is 0.367. The molecule has 2 aliphatic heterocycles. The fourth-order valence-electron chi connectivity index (χ4n) is 4.14. The molecule has 5 rings (SSSR count). The van der Waals surface area contributed by atoms with E-state index in [4.69, 9.17) is 4.74 Å². The molecule has 0 saturated carbocycles. The van der Waals surface area contributed by atoms with Crippen LogP contribution < -0.4 is 47.2 Å². The number of aromatic nitrogens is 2. The number of alkyl halides is 1. The zero-order valence-corrected chi connectivity index (χ0v) is 20.5. The van der Waals surface area contributed by atoms with Crippen molar-refractivity contribution in [1.29, 1.82) is 0 Å². The summed E-state index contributed by atoms with van der Waals surface area (Å²) in [6.45, 7) is 1.60. The fourth-order valence-corrected chi connectivity index (χ4v) is 6.53. The molecule has 2 bridgehead atoms. The fraction of sp³-hybridized carbons (Fsp3) is 0.261. The molecule has 178 valence electrons. The minimum absolute atomic E-state index is 0.0294. The number of H-pyrrole nitrogens is 1. The van der Waals surface area contributed by atoms with Crippen LogP contribution in [-0.4, -0.2) is 46.5 Å². The van der Waals surface area contributed by atoms with Gasteiger partial charge in [-0.15, -0.1) is 0 Å². The summed E-state index contributed by atoms with van der Waals surface area (Å²) in [5.74, 6) is -0.728. The first-order chi connectivity index (χ1) is 16.6. The average molecular weight is 577 g/mol. The molecule has 2 amide bonds. The summed E-state index contributed by atoms with van der Waals surface area (Å²) in [7, 11) is 1.40. The van der Waals surface area contributed by atoms with Crippen LogP contribution in [0.2, 0.25) is 0 Å². The zero-order valence-electron chi connectivity index (χ0n) is 18.3. The molecular weight excluding hydrogens is 554 g/mol. The van der Waals surface area contributed by atoms with Crippen LogP contribution in [0.5, 0.6) is 5.75 Å². The molecule has 2 aromatic heterocycles. The number of halogens is 2. The van der Waals surface area contributed by atoms with Crippen molar-refractivity contribution in [2.45, 2.75) is 10.3 Å². The van der Waals surface area contributed by atoms with Gasteiger partial charge >= 0.3 is 206 Å². The van der Waals surface area contributed by atoms with Crippen molar-refractivity contribution in [3.63, 3.8) is 0 Å². The van der Waals surface area contributed by atoms with Crippen molar-refractivity contribution in [3.8, 4) is 17.0 Å². The Balaban J connectivity index is 1.72. The number of hydrogen-bond donors (Lipinski definition) is 5. The number of methoxy groups -OCH3 is 1. The minimum atomic E-state index is -0.954. The number of para-hydroxylation sites is 1. The number of pyridine rings is 1. The van der Waals surface area contributed by atoms with Gasteiger partial charge in [0.15, 0.2) is 0 Å². The summed E-state index contributed by atoms with van der Waals surface area (Å²) in [5.41, 5.74) is 4.27. The van der Waals surface area contributed by atoms with E-state index in [2.05, 4.69) is 31.2 Å². The zero-order chi connectivity index (χ0) is 23.7. The molecule has 9 nitrogen and oxygen atoms in total. The quantitative estimate of drug-likeness (QED) is 0.133. The summed E-state index contributed by atoms with van der Waals surface area (Å²) >= 11 is -0.954. The normalized spacial score (nSPS) is 17.9. The molecule has 5 N–H and O–H groups in total. The van der Waals surface area contributed by atoms with Crippen molar-refractivity contribution in [2.75, 3.05) is 37.4 Å². The van der Waals surface area contributed by atoms with Gasteiger partial charge in [-0.1, -0.05) is 0 Å². The molecule has 4 heterocycles. The number of fused-ring (bicyclic) bond motifs is 3. The molecule has 34 heavy (non-hydrogen) atoms. The number of rotatable bonds is 3. The third-order valence-electron chi connectivity index (χ3n) is 5.70. The Kier molecular flexibility index (Phi) is 6.26. The Morgan fingerprint density at radius 3 is 2.88 bits per heavy atom. The number of carbonyl (C=O) groups excluding carboxylic acids is 2. The van der Waals surface area contributed by atoms with Gasteiger partial charge in [-0.2, -0.15) is 0 Å². The van der Waals surface area contributed by atoms with E-state index >= 15 is 0 Å². The first-order valence-corrected chi connectivity index (χ1v) is 13.1. The van der Waals surface area contributed by atoms with E-state index < -0.39 is 27.0 Å². The van der Waals surface area contributed by atoms with Crippen LogP contribution in [0.15, 0.2) is 36.7 Å². The third kappa shape index (κ3) is 4.15. The molecule has 0 fully saturated rings. The Morgan fingerprint density at radius 2 is 2.03 bits per heavy atom. The van der Waals surface area contributed by atoms with Crippen LogP contribution in [0.25, 0.3) is 11.3 Å². The summed E-state index contributed by atoms with van der Waals surface area (Å²) < 4.78 is 19.6. The molecule has 0 aliphatic carbocycles. The van der Waals surface area contributed by atoms with Gasteiger partial charge in [0.25, 0.3) is 0 Å². The number of carbonyl (C=O) groups is 2. The molecule has 0 spiro atoms. The van der Waals surface area contributed by atoms with Crippen molar-refractivity contribution < 1.29 is 39.9 Å². The number of nitrogens with zero attached hydrogens (tertiary/aromatic N) is 1. The Labute approximate surface area is 205 Å². The second kappa shape index (κ2) is 9.49. The first kappa shape index (κ1) is 22.4.